The lowest BCUT2D eigenvalue weighted by atomic mass is 9.90. The Morgan fingerprint density at radius 2 is 2.10 bits per heavy atom. The fourth-order valence-corrected chi connectivity index (χ4v) is 3.11. The third-order valence-corrected chi connectivity index (χ3v) is 4.45. The lowest BCUT2D eigenvalue weighted by molar-refractivity contribution is -0.147. The molecule has 0 aromatic rings. The maximum absolute atomic E-state index is 12.5. The smallest absolute Gasteiger partial charge is 0.320 e. The van der Waals surface area contributed by atoms with Crippen molar-refractivity contribution in [1.29, 1.82) is 0 Å². The molecule has 114 valence electrons. The number of hydrogen-bond acceptors (Lipinski definition) is 3. The fourth-order valence-electron chi connectivity index (χ4n) is 3.11. The molecule has 0 aromatic heterocycles. The third kappa shape index (κ3) is 3.06. The van der Waals surface area contributed by atoms with Gasteiger partial charge in [-0.3, -0.25) is 4.79 Å². The first-order chi connectivity index (χ1) is 9.46. The van der Waals surface area contributed by atoms with Gasteiger partial charge in [-0.15, -0.1) is 0 Å². The summed E-state index contributed by atoms with van der Waals surface area (Å²) in [5.41, 5.74) is -0.794. The van der Waals surface area contributed by atoms with Gasteiger partial charge in [0.05, 0.1) is 12.0 Å². The number of rotatable bonds is 3. The van der Waals surface area contributed by atoms with Crippen molar-refractivity contribution in [1.82, 2.24) is 9.80 Å². The number of aliphatic carboxylic acids is 1. The van der Waals surface area contributed by atoms with Crippen molar-refractivity contribution in [3.05, 3.63) is 0 Å². The number of urea groups is 1. The highest BCUT2D eigenvalue weighted by molar-refractivity contribution is 5.79. The highest BCUT2D eigenvalue weighted by Crippen LogP contribution is 2.31. The molecule has 2 amide bonds. The highest BCUT2D eigenvalue weighted by Gasteiger charge is 2.43. The molecule has 20 heavy (non-hydrogen) atoms. The molecule has 0 aliphatic carbocycles. The summed E-state index contributed by atoms with van der Waals surface area (Å²) in [6.07, 6.45) is 2.61. The van der Waals surface area contributed by atoms with Gasteiger partial charge in [-0.2, -0.15) is 0 Å². The molecule has 2 fully saturated rings. The van der Waals surface area contributed by atoms with E-state index in [-0.39, 0.29) is 6.03 Å². The van der Waals surface area contributed by atoms with Gasteiger partial charge in [0, 0.05) is 39.2 Å². The van der Waals surface area contributed by atoms with E-state index in [1.807, 2.05) is 4.90 Å². The quantitative estimate of drug-likeness (QED) is 0.847. The van der Waals surface area contributed by atoms with Gasteiger partial charge in [-0.25, -0.2) is 4.79 Å². The standard InChI is InChI=1S/C14H24N2O4/c1-14(12(17)18)5-7-16(10-14)13(19)15-6-3-4-11(8-15)9-20-2/h11H,3-10H2,1-2H3,(H,17,18). The van der Waals surface area contributed by atoms with Crippen molar-refractivity contribution in [2.24, 2.45) is 11.3 Å². The third-order valence-electron chi connectivity index (χ3n) is 4.45. The Morgan fingerprint density at radius 1 is 1.35 bits per heavy atom. The number of carboxylic acids is 1. The Labute approximate surface area is 119 Å². The molecule has 2 aliphatic heterocycles. The Hall–Kier alpha value is -1.30. The predicted octanol–water partition coefficient (Wildman–Crippen LogP) is 1.26. The molecule has 2 aliphatic rings. The molecular weight excluding hydrogens is 260 g/mol. The zero-order valence-electron chi connectivity index (χ0n) is 12.3. The Kier molecular flexibility index (Phi) is 4.52. The van der Waals surface area contributed by atoms with Gasteiger partial charge < -0.3 is 19.6 Å². The van der Waals surface area contributed by atoms with E-state index >= 15 is 0 Å². The maximum Gasteiger partial charge on any atom is 0.320 e. The minimum atomic E-state index is -0.816. The minimum absolute atomic E-state index is 0.0178. The van der Waals surface area contributed by atoms with Crippen molar-refractivity contribution < 1.29 is 19.4 Å². The van der Waals surface area contributed by atoms with Crippen LogP contribution in [0.3, 0.4) is 0 Å². The summed E-state index contributed by atoms with van der Waals surface area (Å²) in [6.45, 7) is 4.72. The van der Waals surface area contributed by atoms with Crippen LogP contribution < -0.4 is 0 Å². The summed E-state index contributed by atoms with van der Waals surface area (Å²) >= 11 is 0. The first-order valence-corrected chi connectivity index (χ1v) is 7.22. The average molecular weight is 284 g/mol. The SMILES string of the molecule is COCC1CCCN(C(=O)N2CCC(C)(C(=O)O)C2)C1. The Balaban J connectivity index is 1.93. The largest absolute Gasteiger partial charge is 0.481 e. The fraction of sp³-hybridized carbons (Fsp3) is 0.857. The molecule has 0 bridgehead atoms. The zero-order valence-corrected chi connectivity index (χ0v) is 12.3. The molecule has 2 unspecified atom stereocenters. The van der Waals surface area contributed by atoms with Crippen LogP contribution in [0, 0.1) is 11.3 Å². The Morgan fingerprint density at radius 3 is 2.70 bits per heavy atom. The second-order valence-corrected chi connectivity index (χ2v) is 6.23. The van der Waals surface area contributed by atoms with Crippen LogP contribution in [0.15, 0.2) is 0 Å². The average Bonchev–Trinajstić information content (AvgIpc) is 2.83. The van der Waals surface area contributed by atoms with Crippen molar-refractivity contribution in [3.63, 3.8) is 0 Å². The van der Waals surface area contributed by atoms with E-state index in [0.717, 1.165) is 19.4 Å². The van der Waals surface area contributed by atoms with E-state index in [0.29, 0.717) is 38.6 Å². The van der Waals surface area contributed by atoms with Gasteiger partial charge in [0.2, 0.25) is 0 Å². The van der Waals surface area contributed by atoms with Gasteiger partial charge in [0.15, 0.2) is 0 Å². The second-order valence-electron chi connectivity index (χ2n) is 6.23. The van der Waals surface area contributed by atoms with Gasteiger partial charge in [0.1, 0.15) is 0 Å². The van der Waals surface area contributed by atoms with Crippen LogP contribution in [-0.2, 0) is 9.53 Å². The summed E-state index contributed by atoms with van der Waals surface area (Å²) in [7, 11) is 1.68. The number of piperidine rings is 1. The first kappa shape index (κ1) is 15.1. The summed E-state index contributed by atoms with van der Waals surface area (Å²) < 4.78 is 5.17. The van der Waals surface area contributed by atoms with Crippen molar-refractivity contribution in [2.45, 2.75) is 26.2 Å². The number of nitrogens with zero attached hydrogens (tertiary/aromatic N) is 2. The summed E-state index contributed by atoms with van der Waals surface area (Å²) in [5.74, 6) is -0.421. The molecule has 2 rings (SSSR count). The molecule has 0 spiro atoms. The summed E-state index contributed by atoms with van der Waals surface area (Å²) in [6, 6.07) is -0.0178. The lowest BCUT2D eigenvalue weighted by Gasteiger charge is -2.35. The molecular formula is C14H24N2O4. The van der Waals surface area contributed by atoms with Crippen molar-refractivity contribution in [3.8, 4) is 0 Å². The molecule has 2 saturated heterocycles. The van der Waals surface area contributed by atoms with E-state index in [1.165, 1.54) is 0 Å². The normalized spacial score (nSPS) is 30.6. The van der Waals surface area contributed by atoms with Crippen LogP contribution in [0.4, 0.5) is 4.79 Å². The maximum atomic E-state index is 12.5. The second kappa shape index (κ2) is 5.99. The van der Waals surface area contributed by atoms with Crippen molar-refractivity contribution in [2.75, 3.05) is 39.9 Å². The molecule has 2 atom stereocenters. The van der Waals surface area contributed by atoms with E-state index in [2.05, 4.69) is 0 Å². The molecule has 6 nitrogen and oxygen atoms in total. The molecule has 0 saturated carbocycles. The molecule has 2 heterocycles. The number of methoxy groups -OCH3 is 1. The van der Waals surface area contributed by atoms with Gasteiger partial charge >= 0.3 is 12.0 Å². The monoisotopic (exact) mass is 284 g/mol. The number of amides is 2. The van der Waals surface area contributed by atoms with Crippen LogP contribution in [0.2, 0.25) is 0 Å². The first-order valence-electron chi connectivity index (χ1n) is 7.22. The van der Waals surface area contributed by atoms with Crippen LogP contribution in [0.1, 0.15) is 26.2 Å². The van der Waals surface area contributed by atoms with E-state index in [9.17, 15) is 14.7 Å². The van der Waals surface area contributed by atoms with Gasteiger partial charge in [-0.05, 0) is 26.2 Å². The lowest BCUT2D eigenvalue weighted by Crippen LogP contribution is -2.48. The van der Waals surface area contributed by atoms with Crippen LogP contribution in [0.25, 0.3) is 0 Å². The minimum Gasteiger partial charge on any atom is -0.481 e. The zero-order chi connectivity index (χ0) is 14.8. The van der Waals surface area contributed by atoms with E-state index < -0.39 is 11.4 Å². The van der Waals surface area contributed by atoms with E-state index in [4.69, 9.17) is 4.74 Å². The van der Waals surface area contributed by atoms with Crippen LogP contribution >= 0.6 is 0 Å². The number of ether oxygens (including phenoxy) is 1. The molecule has 0 aromatic carbocycles. The topological polar surface area (TPSA) is 70.1 Å². The number of carboxylic acid groups (broad SMARTS) is 1. The predicted molar refractivity (Wildman–Crippen MR) is 73.5 cm³/mol. The van der Waals surface area contributed by atoms with Gasteiger partial charge in [-0.1, -0.05) is 0 Å². The van der Waals surface area contributed by atoms with E-state index in [1.54, 1.807) is 18.9 Å². The molecule has 1 N–H and O–H groups in total. The van der Waals surface area contributed by atoms with Gasteiger partial charge in [0.25, 0.3) is 0 Å². The number of likely N-dealkylation sites (tertiary alicyclic amines) is 2. The van der Waals surface area contributed by atoms with Crippen LogP contribution in [0.5, 0.6) is 0 Å². The Bertz CT molecular complexity index is 385. The summed E-state index contributed by atoms with van der Waals surface area (Å²) in [5, 5.41) is 9.23. The highest BCUT2D eigenvalue weighted by atomic mass is 16.5. The number of carbonyl (C=O) groups excluding carboxylic acids is 1. The molecule has 6 heteroatoms. The van der Waals surface area contributed by atoms with Crippen LogP contribution in [-0.4, -0.2) is 66.8 Å². The molecule has 0 radical (unpaired) electrons. The number of carbonyl (C=O) groups is 2. The number of hydrogen-bond donors (Lipinski definition) is 1. The van der Waals surface area contributed by atoms with Crippen molar-refractivity contribution >= 4 is 12.0 Å². The summed E-state index contributed by atoms with van der Waals surface area (Å²) in [4.78, 5) is 27.2.